The maximum Gasteiger partial charge on any atom is 0.443 e. The van der Waals surface area contributed by atoms with Gasteiger partial charge in [-0.2, -0.15) is 13.2 Å². The third-order valence-electron chi connectivity index (χ3n) is 2.36. The predicted octanol–water partition coefficient (Wildman–Crippen LogP) is 3.08. The quantitative estimate of drug-likeness (QED) is 0.917. The van der Waals surface area contributed by atoms with Gasteiger partial charge in [-0.05, 0) is 37.7 Å². The lowest BCUT2D eigenvalue weighted by atomic mass is 10.1. The van der Waals surface area contributed by atoms with E-state index in [9.17, 15) is 13.2 Å². The van der Waals surface area contributed by atoms with Gasteiger partial charge in [-0.1, -0.05) is 6.07 Å². The zero-order chi connectivity index (χ0) is 12.5. The number of likely N-dealkylation sites (N-methyl/N-ethyl adjacent to an activating group) is 1. The topological polar surface area (TPSA) is 24.9 Å². The van der Waals surface area contributed by atoms with E-state index in [4.69, 9.17) is 0 Å². The van der Waals surface area contributed by atoms with Gasteiger partial charge in [0.15, 0.2) is 5.01 Å². The van der Waals surface area contributed by atoms with Crippen molar-refractivity contribution in [2.24, 2.45) is 0 Å². The van der Waals surface area contributed by atoms with Gasteiger partial charge in [0.25, 0.3) is 0 Å². The first-order valence-corrected chi connectivity index (χ1v) is 5.93. The molecule has 1 heterocycles. The summed E-state index contributed by atoms with van der Waals surface area (Å²) in [5, 5.41) is 2.22. The van der Waals surface area contributed by atoms with E-state index in [-0.39, 0.29) is 0 Å². The fourth-order valence-corrected chi connectivity index (χ4v) is 2.33. The lowest BCUT2D eigenvalue weighted by Gasteiger charge is -1.99. The van der Waals surface area contributed by atoms with Crippen LogP contribution in [0.1, 0.15) is 10.6 Å². The van der Waals surface area contributed by atoms with Crippen molar-refractivity contribution in [1.29, 1.82) is 0 Å². The molecule has 2 aromatic rings. The van der Waals surface area contributed by atoms with E-state index in [1.807, 2.05) is 13.1 Å². The van der Waals surface area contributed by atoms with Crippen LogP contribution in [-0.2, 0) is 12.6 Å². The van der Waals surface area contributed by atoms with Crippen molar-refractivity contribution in [3.63, 3.8) is 0 Å². The Balaban J connectivity index is 2.34. The highest BCUT2D eigenvalue weighted by molar-refractivity contribution is 7.18. The first-order valence-electron chi connectivity index (χ1n) is 5.12. The Labute approximate surface area is 100 Å². The third kappa shape index (κ3) is 2.76. The van der Waals surface area contributed by atoms with Crippen molar-refractivity contribution in [3.8, 4) is 0 Å². The molecule has 2 rings (SSSR count). The lowest BCUT2D eigenvalue weighted by molar-refractivity contribution is -0.137. The second-order valence-electron chi connectivity index (χ2n) is 3.67. The molecule has 0 aliphatic carbocycles. The molecule has 0 radical (unpaired) electrons. The van der Waals surface area contributed by atoms with Gasteiger partial charge in [-0.15, -0.1) is 11.3 Å². The zero-order valence-electron chi connectivity index (χ0n) is 9.14. The predicted molar refractivity (Wildman–Crippen MR) is 62.3 cm³/mol. The molecule has 0 bridgehead atoms. The van der Waals surface area contributed by atoms with Crippen molar-refractivity contribution in [2.45, 2.75) is 12.6 Å². The first kappa shape index (κ1) is 12.3. The molecule has 1 N–H and O–H groups in total. The molecule has 0 saturated carbocycles. The van der Waals surface area contributed by atoms with Crippen LogP contribution >= 0.6 is 11.3 Å². The summed E-state index contributed by atoms with van der Waals surface area (Å²) in [6, 6.07) is 5.27. The van der Waals surface area contributed by atoms with Crippen molar-refractivity contribution in [1.82, 2.24) is 10.3 Å². The number of hydrogen-bond acceptors (Lipinski definition) is 3. The molecule has 2 nitrogen and oxygen atoms in total. The molecule has 0 amide bonds. The van der Waals surface area contributed by atoms with Crippen LogP contribution in [0.3, 0.4) is 0 Å². The molecule has 0 spiro atoms. The lowest BCUT2D eigenvalue weighted by Crippen LogP contribution is -2.10. The number of hydrogen-bond donors (Lipinski definition) is 1. The number of nitrogens with zero attached hydrogens (tertiary/aromatic N) is 1. The number of alkyl halides is 3. The molecular formula is C11H11F3N2S. The molecule has 1 aromatic heterocycles. The molecule has 0 aliphatic heterocycles. The second kappa shape index (κ2) is 4.62. The van der Waals surface area contributed by atoms with Crippen LogP contribution in [0.15, 0.2) is 18.2 Å². The highest BCUT2D eigenvalue weighted by Crippen LogP contribution is 2.35. The molecule has 0 aliphatic rings. The van der Waals surface area contributed by atoms with E-state index in [1.165, 1.54) is 0 Å². The van der Waals surface area contributed by atoms with Gasteiger partial charge in [-0.25, -0.2) is 4.98 Å². The van der Waals surface area contributed by atoms with Crippen LogP contribution in [0, 0.1) is 0 Å². The summed E-state index contributed by atoms with van der Waals surface area (Å²) in [5.41, 5.74) is 1.42. The number of halogens is 3. The standard InChI is InChI=1S/C11H11F3N2S/c1-15-5-4-7-2-3-9-8(6-7)16-10(17-9)11(12,13)14/h2-3,6,15H,4-5H2,1H3. The fourth-order valence-electron chi connectivity index (χ4n) is 1.52. The molecule has 0 fully saturated rings. The largest absolute Gasteiger partial charge is 0.443 e. The highest BCUT2D eigenvalue weighted by Gasteiger charge is 2.34. The van der Waals surface area contributed by atoms with E-state index in [2.05, 4.69) is 10.3 Å². The molecule has 6 heteroatoms. The van der Waals surface area contributed by atoms with Crippen LogP contribution in [0.4, 0.5) is 13.2 Å². The number of thiazole rings is 1. The SMILES string of the molecule is CNCCc1ccc2sc(C(F)(F)F)nc2c1. The van der Waals surface area contributed by atoms with E-state index in [1.54, 1.807) is 12.1 Å². The number of benzene rings is 1. The van der Waals surface area contributed by atoms with Crippen LogP contribution in [0.25, 0.3) is 10.2 Å². The summed E-state index contributed by atoms with van der Waals surface area (Å²) in [7, 11) is 1.84. The number of fused-ring (bicyclic) bond motifs is 1. The second-order valence-corrected chi connectivity index (χ2v) is 4.70. The number of aromatic nitrogens is 1. The van der Waals surface area contributed by atoms with Crippen molar-refractivity contribution >= 4 is 21.6 Å². The Bertz CT molecular complexity index is 519. The Morgan fingerprint density at radius 2 is 2.12 bits per heavy atom. The van der Waals surface area contributed by atoms with Gasteiger partial charge in [0.2, 0.25) is 0 Å². The molecular weight excluding hydrogens is 249 g/mol. The molecule has 0 unspecified atom stereocenters. The van der Waals surface area contributed by atoms with Crippen LogP contribution in [0.5, 0.6) is 0 Å². The van der Waals surface area contributed by atoms with E-state index < -0.39 is 11.2 Å². The number of rotatable bonds is 3. The Morgan fingerprint density at radius 3 is 2.76 bits per heavy atom. The summed E-state index contributed by atoms with van der Waals surface area (Å²) >= 11 is 0.685. The fraction of sp³-hybridized carbons (Fsp3) is 0.364. The maximum absolute atomic E-state index is 12.5. The van der Waals surface area contributed by atoms with Gasteiger partial charge < -0.3 is 5.32 Å². The first-order chi connectivity index (χ1) is 8.00. The van der Waals surface area contributed by atoms with Gasteiger partial charge in [0, 0.05) is 0 Å². The third-order valence-corrected chi connectivity index (χ3v) is 3.44. The summed E-state index contributed by atoms with van der Waals surface area (Å²) in [6.45, 7) is 0.793. The average molecular weight is 260 g/mol. The molecule has 92 valence electrons. The smallest absolute Gasteiger partial charge is 0.319 e. The summed E-state index contributed by atoms with van der Waals surface area (Å²) in [6.07, 6.45) is -3.57. The average Bonchev–Trinajstić information content (AvgIpc) is 2.68. The Hall–Kier alpha value is -1.14. The normalized spacial score (nSPS) is 12.2. The van der Waals surface area contributed by atoms with Crippen molar-refractivity contribution in [3.05, 3.63) is 28.8 Å². The van der Waals surface area contributed by atoms with E-state index in [0.29, 0.717) is 21.6 Å². The zero-order valence-corrected chi connectivity index (χ0v) is 9.95. The van der Waals surface area contributed by atoms with Crippen LogP contribution < -0.4 is 5.32 Å². The molecule has 1 aromatic carbocycles. The molecule has 0 atom stereocenters. The molecule has 17 heavy (non-hydrogen) atoms. The summed E-state index contributed by atoms with van der Waals surface area (Å²) < 4.78 is 38.0. The van der Waals surface area contributed by atoms with Gasteiger partial charge in [0.1, 0.15) is 0 Å². The number of nitrogens with one attached hydrogen (secondary N) is 1. The molecule has 0 saturated heterocycles. The van der Waals surface area contributed by atoms with E-state index in [0.717, 1.165) is 18.5 Å². The van der Waals surface area contributed by atoms with Crippen molar-refractivity contribution < 1.29 is 13.2 Å². The minimum Gasteiger partial charge on any atom is -0.319 e. The summed E-state index contributed by atoms with van der Waals surface area (Å²) in [5.74, 6) is 0. The highest BCUT2D eigenvalue weighted by atomic mass is 32.1. The Kier molecular flexibility index (Phi) is 3.35. The monoisotopic (exact) mass is 260 g/mol. The van der Waals surface area contributed by atoms with E-state index >= 15 is 0 Å². The van der Waals surface area contributed by atoms with Gasteiger partial charge in [0.05, 0.1) is 10.2 Å². The van der Waals surface area contributed by atoms with Crippen LogP contribution in [0.2, 0.25) is 0 Å². The minimum absolute atomic E-state index is 0.427. The summed E-state index contributed by atoms with van der Waals surface area (Å²) in [4.78, 5) is 3.63. The minimum atomic E-state index is -4.35. The van der Waals surface area contributed by atoms with Crippen molar-refractivity contribution in [2.75, 3.05) is 13.6 Å². The Morgan fingerprint density at radius 1 is 1.35 bits per heavy atom. The maximum atomic E-state index is 12.5. The van der Waals surface area contributed by atoms with Gasteiger partial charge >= 0.3 is 6.18 Å². The van der Waals surface area contributed by atoms with Gasteiger partial charge in [-0.3, -0.25) is 0 Å². The van der Waals surface area contributed by atoms with Crippen LogP contribution in [-0.4, -0.2) is 18.6 Å².